The molecule has 0 atom stereocenters. The van der Waals surface area contributed by atoms with Crippen molar-refractivity contribution in [3.8, 4) is 5.75 Å². The van der Waals surface area contributed by atoms with E-state index in [1.807, 2.05) is 12.1 Å². The van der Waals surface area contributed by atoms with Gasteiger partial charge in [0.2, 0.25) is 0 Å². The summed E-state index contributed by atoms with van der Waals surface area (Å²) in [5.74, 6) is 1.64. The molecule has 0 N–H and O–H groups in total. The molecule has 4 nitrogen and oxygen atoms in total. The van der Waals surface area contributed by atoms with E-state index in [9.17, 15) is 4.79 Å². The van der Waals surface area contributed by atoms with E-state index in [4.69, 9.17) is 4.74 Å². The minimum absolute atomic E-state index is 0.116. The number of rotatable bonds is 7. The molecule has 28 heavy (non-hydrogen) atoms. The van der Waals surface area contributed by atoms with Crippen LogP contribution in [0.4, 0.5) is 5.69 Å². The molecule has 1 aliphatic heterocycles. The Bertz CT molecular complexity index is 791. The van der Waals surface area contributed by atoms with Crippen molar-refractivity contribution in [2.45, 2.75) is 33.6 Å². The number of ether oxygens (including phenoxy) is 1. The number of hydrogen-bond acceptors (Lipinski definition) is 4. The van der Waals surface area contributed by atoms with Crippen molar-refractivity contribution in [1.82, 2.24) is 4.90 Å². The molecule has 0 saturated carbocycles. The number of piperazine rings is 1. The molecule has 0 unspecified atom stereocenters. The minimum Gasteiger partial charge on any atom is -0.492 e. The molecule has 2 aromatic rings. The number of ketones is 1. The summed E-state index contributed by atoms with van der Waals surface area (Å²) in [7, 11) is 0. The standard InChI is InChI=1S/C24H32N2O2/c1-18(2)22-6-5-19(3)24(17-22)28-16-15-25-11-13-26(14-12-25)23-9-7-21(8-10-23)20(4)27/h5-10,17-18H,11-16H2,1-4H3. The smallest absolute Gasteiger partial charge is 0.159 e. The van der Waals surface area contributed by atoms with Gasteiger partial charge in [-0.1, -0.05) is 26.0 Å². The quantitative estimate of drug-likeness (QED) is 0.661. The highest BCUT2D eigenvalue weighted by atomic mass is 16.5. The number of hydrogen-bond donors (Lipinski definition) is 0. The minimum atomic E-state index is 0.116. The van der Waals surface area contributed by atoms with Crippen LogP contribution in [0.15, 0.2) is 42.5 Å². The molecule has 150 valence electrons. The van der Waals surface area contributed by atoms with E-state index in [0.29, 0.717) is 5.92 Å². The van der Waals surface area contributed by atoms with Crippen LogP contribution >= 0.6 is 0 Å². The molecule has 1 aliphatic rings. The Kier molecular flexibility index (Phi) is 6.74. The van der Waals surface area contributed by atoms with E-state index in [-0.39, 0.29) is 5.78 Å². The lowest BCUT2D eigenvalue weighted by molar-refractivity contribution is 0.101. The van der Waals surface area contributed by atoms with Gasteiger partial charge < -0.3 is 9.64 Å². The molecule has 2 aromatic carbocycles. The SMILES string of the molecule is CC(=O)c1ccc(N2CCN(CCOc3cc(C(C)C)ccc3C)CC2)cc1. The third-order valence-electron chi connectivity index (χ3n) is 5.56. The summed E-state index contributed by atoms with van der Waals surface area (Å²) in [4.78, 5) is 16.3. The maximum absolute atomic E-state index is 11.4. The lowest BCUT2D eigenvalue weighted by atomic mass is 10.0. The van der Waals surface area contributed by atoms with Gasteiger partial charge in [0.05, 0.1) is 0 Å². The van der Waals surface area contributed by atoms with Gasteiger partial charge in [0.15, 0.2) is 5.78 Å². The van der Waals surface area contributed by atoms with E-state index in [1.54, 1.807) is 6.92 Å². The van der Waals surface area contributed by atoms with Gasteiger partial charge in [0.1, 0.15) is 12.4 Å². The van der Waals surface area contributed by atoms with Crippen molar-refractivity contribution < 1.29 is 9.53 Å². The van der Waals surface area contributed by atoms with Crippen molar-refractivity contribution in [2.24, 2.45) is 0 Å². The molecule has 1 fully saturated rings. The molecule has 0 radical (unpaired) electrons. The third kappa shape index (κ3) is 5.14. The first-order valence-corrected chi connectivity index (χ1v) is 10.3. The Hall–Kier alpha value is -2.33. The highest BCUT2D eigenvalue weighted by Crippen LogP contribution is 2.24. The number of Topliss-reactive ketones (excluding diaryl/α,β-unsaturated/α-hetero) is 1. The van der Waals surface area contributed by atoms with E-state index in [1.165, 1.54) is 16.8 Å². The third-order valence-corrected chi connectivity index (χ3v) is 5.56. The van der Waals surface area contributed by atoms with Crippen molar-refractivity contribution in [3.63, 3.8) is 0 Å². The van der Waals surface area contributed by atoms with Crippen LogP contribution in [0.1, 0.15) is 48.2 Å². The Morgan fingerprint density at radius 3 is 2.32 bits per heavy atom. The molecule has 0 aromatic heterocycles. The Morgan fingerprint density at radius 2 is 1.71 bits per heavy atom. The van der Waals surface area contributed by atoms with Gasteiger partial charge in [-0.15, -0.1) is 0 Å². The van der Waals surface area contributed by atoms with Gasteiger partial charge in [0, 0.05) is 44.0 Å². The summed E-state index contributed by atoms with van der Waals surface area (Å²) >= 11 is 0. The molecule has 0 aliphatic carbocycles. The lowest BCUT2D eigenvalue weighted by Gasteiger charge is -2.36. The van der Waals surface area contributed by atoms with Crippen LogP contribution in [0.3, 0.4) is 0 Å². The topological polar surface area (TPSA) is 32.8 Å². The van der Waals surface area contributed by atoms with Crippen molar-refractivity contribution in [1.29, 1.82) is 0 Å². The maximum Gasteiger partial charge on any atom is 0.159 e. The second kappa shape index (κ2) is 9.24. The first-order chi connectivity index (χ1) is 13.4. The van der Waals surface area contributed by atoms with Crippen LogP contribution in [0.25, 0.3) is 0 Å². The van der Waals surface area contributed by atoms with E-state index >= 15 is 0 Å². The van der Waals surface area contributed by atoms with Gasteiger partial charge in [0.25, 0.3) is 0 Å². The van der Waals surface area contributed by atoms with Gasteiger partial charge in [-0.3, -0.25) is 9.69 Å². The zero-order valence-electron chi connectivity index (χ0n) is 17.6. The number of carbonyl (C=O) groups is 1. The molecule has 0 spiro atoms. The molecule has 0 bridgehead atoms. The predicted molar refractivity (Wildman–Crippen MR) is 116 cm³/mol. The van der Waals surface area contributed by atoms with Crippen LogP contribution in [-0.4, -0.2) is 50.0 Å². The lowest BCUT2D eigenvalue weighted by Crippen LogP contribution is -2.47. The first kappa shape index (κ1) is 20.4. The maximum atomic E-state index is 11.4. The van der Waals surface area contributed by atoms with Gasteiger partial charge in [-0.25, -0.2) is 0 Å². The summed E-state index contributed by atoms with van der Waals surface area (Å²) in [6.45, 7) is 13.9. The fourth-order valence-electron chi connectivity index (χ4n) is 3.55. The normalized spacial score (nSPS) is 15.1. The van der Waals surface area contributed by atoms with Crippen molar-refractivity contribution >= 4 is 11.5 Å². The van der Waals surface area contributed by atoms with E-state index in [0.717, 1.165) is 50.6 Å². The number of carbonyl (C=O) groups excluding carboxylic acids is 1. The Morgan fingerprint density at radius 1 is 1.04 bits per heavy atom. The van der Waals surface area contributed by atoms with Crippen LogP contribution in [0.5, 0.6) is 5.75 Å². The van der Waals surface area contributed by atoms with Crippen molar-refractivity contribution in [2.75, 3.05) is 44.2 Å². The van der Waals surface area contributed by atoms with Gasteiger partial charge >= 0.3 is 0 Å². The monoisotopic (exact) mass is 380 g/mol. The van der Waals surface area contributed by atoms with E-state index in [2.05, 4.69) is 60.9 Å². The number of aryl methyl sites for hydroxylation is 1. The molecule has 1 saturated heterocycles. The number of nitrogens with zero attached hydrogens (tertiary/aromatic N) is 2. The summed E-state index contributed by atoms with van der Waals surface area (Å²) in [6.07, 6.45) is 0. The summed E-state index contributed by atoms with van der Waals surface area (Å²) in [6, 6.07) is 14.5. The zero-order chi connectivity index (χ0) is 20.1. The largest absolute Gasteiger partial charge is 0.492 e. The summed E-state index contributed by atoms with van der Waals surface area (Å²) in [5.41, 5.74) is 4.49. The molecule has 1 heterocycles. The fraction of sp³-hybridized carbons (Fsp3) is 0.458. The average molecular weight is 381 g/mol. The number of anilines is 1. The Labute approximate surface area is 169 Å². The molecule has 0 amide bonds. The molecular formula is C24H32N2O2. The average Bonchev–Trinajstić information content (AvgIpc) is 2.70. The second-order valence-corrected chi connectivity index (χ2v) is 7.96. The van der Waals surface area contributed by atoms with Crippen LogP contribution in [0, 0.1) is 6.92 Å². The molecule has 3 rings (SSSR count). The second-order valence-electron chi connectivity index (χ2n) is 7.96. The van der Waals surface area contributed by atoms with Gasteiger partial charge in [-0.2, -0.15) is 0 Å². The van der Waals surface area contributed by atoms with Crippen LogP contribution in [0.2, 0.25) is 0 Å². The molecule has 4 heteroatoms. The number of benzene rings is 2. The van der Waals surface area contributed by atoms with Gasteiger partial charge in [-0.05, 0) is 61.2 Å². The van der Waals surface area contributed by atoms with E-state index < -0.39 is 0 Å². The zero-order valence-corrected chi connectivity index (χ0v) is 17.6. The first-order valence-electron chi connectivity index (χ1n) is 10.3. The van der Waals surface area contributed by atoms with Crippen LogP contribution in [-0.2, 0) is 0 Å². The molecular weight excluding hydrogens is 348 g/mol. The highest BCUT2D eigenvalue weighted by molar-refractivity contribution is 5.94. The van der Waals surface area contributed by atoms with Crippen molar-refractivity contribution in [3.05, 3.63) is 59.2 Å². The predicted octanol–water partition coefficient (Wildman–Crippen LogP) is 4.52. The summed E-state index contributed by atoms with van der Waals surface area (Å²) in [5, 5.41) is 0. The Balaban J connectivity index is 1.46. The van der Waals surface area contributed by atoms with Crippen LogP contribution < -0.4 is 9.64 Å². The summed E-state index contributed by atoms with van der Waals surface area (Å²) < 4.78 is 6.09. The fourth-order valence-corrected chi connectivity index (χ4v) is 3.55. The highest BCUT2D eigenvalue weighted by Gasteiger charge is 2.17.